The van der Waals surface area contributed by atoms with Gasteiger partial charge in [0.1, 0.15) is 11.6 Å². The lowest BCUT2D eigenvalue weighted by atomic mass is 10.1. The highest BCUT2D eigenvalue weighted by Crippen LogP contribution is 2.49. The number of fused-ring (bicyclic) bond motifs is 2. The Balaban J connectivity index is 1.28. The number of anilines is 2. The molecule has 3 fully saturated rings. The van der Waals surface area contributed by atoms with Crippen LogP contribution in [0, 0.1) is 5.92 Å². The van der Waals surface area contributed by atoms with E-state index in [1.54, 1.807) is 12.1 Å². The Labute approximate surface area is 217 Å². The summed E-state index contributed by atoms with van der Waals surface area (Å²) in [6, 6.07) is 11.5. The molecule has 2 saturated heterocycles. The number of hydrogen-bond donors (Lipinski definition) is 2. The van der Waals surface area contributed by atoms with Gasteiger partial charge in [-0.05, 0) is 55.7 Å². The number of imidazole rings is 1. The fourth-order valence-corrected chi connectivity index (χ4v) is 5.38. The normalized spacial score (nSPS) is 23.2. The maximum atomic E-state index is 13.4. The summed E-state index contributed by atoms with van der Waals surface area (Å²) in [6.07, 6.45) is 2.28. The summed E-state index contributed by atoms with van der Waals surface area (Å²) in [7, 11) is 0. The molecule has 0 spiro atoms. The lowest BCUT2D eigenvalue weighted by Gasteiger charge is -2.28. The van der Waals surface area contributed by atoms with Gasteiger partial charge >= 0.3 is 0 Å². The Bertz CT molecular complexity index is 1520. The quantitative estimate of drug-likeness (QED) is 0.394. The molecule has 0 radical (unpaired) electrons. The molecule has 1 amide bonds. The van der Waals surface area contributed by atoms with Crippen LogP contribution < -0.4 is 10.2 Å². The Morgan fingerprint density at radius 2 is 1.95 bits per heavy atom. The first-order valence-corrected chi connectivity index (χ1v) is 13.1. The zero-order chi connectivity index (χ0) is 25.9. The highest BCUT2D eigenvalue weighted by atomic mass is 19.3. The summed E-state index contributed by atoms with van der Waals surface area (Å²) in [5.41, 5.74) is 4.70. The highest BCUT2D eigenvalue weighted by Gasteiger charge is 2.61. The third kappa shape index (κ3) is 4.19. The molecule has 4 aromatic rings. The van der Waals surface area contributed by atoms with Gasteiger partial charge in [-0.1, -0.05) is 0 Å². The van der Waals surface area contributed by atoms with Gasteiger partial charge in [0.05, 0.1) is 29.8 Å². The minimum absolute atomic E-state index is 0.206. The molecule has 198 valence electrons. The molecular weight excluding hydrogens is 494 g/mol. The van der Waals surface area contributed by atoms with E-state index in [1.807, 2.05) is 16.8 Å². The number of alkyl halides is 2. The second-order valence-corrected chi connectivity index (χ2v) is 10.2. The van der Waals surface area contributed by atoms with Crippen molar-refractivity contribution in [2.45, 2.75) is 37.8 Å². The van der Waals surface area contributed by atoms with Crippen LogP contribution >= 0.6 is 0 Å². The summed E-state index contributed by atoms with van der Waals surface area (Å²) in [6.45, 7) is 3.75. The number of H-pyrrole nitrogens is 1. The van der Waals surface area contributed by atoms with E-state index in [4.69, 9.17) is 19.6 Å². The maximum Gasteiger partial charge on any atom is 0.260 e. The van der Waals surface area contributed by atoms with Gasteiger partial charge in [-0.25, -0.2) is 18.4 Å². The number of aromatic amines is 1. The molecule has 9 nitrogen and oxygen atoms in total. The highest BCUT2D eigenvalue weighted by molar-refractivity contribution is 6.00. The third-order valence-electron chi connectivity index (χ3n) is 7.61. The minimum atomic E-state index is -2.92. The number of hydrogen-bond acceptors (Lipinski definition) is 6. The number of ether oxygens (including phenoxy) is 2. The van der Waals surface area contributed by atoms with Crippen molar-refractivity contribution in [1.29, 1.82) is 0 Å². The molecule has 3 aliphatic rings. The Morgan fingerprint density at radius 1 is 1.11 bits per heavy atom. The summed E-state index contributed by atoms with van der Waals surface area (Å²) in [4.78, 5) is 22.9. The van der Waals surface area contributed by atoms with E-state index < -0.39 is 24.2 Å². The van der Waals surface area contributed by atoms with Crippen molar-refractivity contribution in [2.75, 3.05) is 43.1 Å². The van der Waals surface area contributed by atoms with E-state index in [1.165, 1.54) is 0 Å². The van der Waals surface area contributed by atoms with Gasteiger partial charge in [-0.15, -0.1) is 0 Å². The van der Waals surface area contributed by atoms with Crippen LogP contribution in [0.1, 0.15) is 31.9 Å². The number of morpholine rings is 1. The second kappa shape index (κ2) is 9.02. The number of nitrogens with one attached hydrogen (secondary N) is 2. The summed E-state index contributed by atoms with van der Waals surface area (Å²) in [5.74, 6) is -4.27. The lowest BCUT2D eigenvalue weighted by molar-refractivity contribution is -0.119. The summed E-state index contributed by atoms with van der Waals surface area (Å²) >= 11 is 0. The molecule has 2 aromatic heterocycles. The first-order chi connectivity index (χ1) is 18.5. The Hall–Kier alpha value is -3.57. The predicted octanol–water partition coefficient (Wildman–Crippen LogP) is 4.71. The molecule has 2 unspecified atom stereocenters. The van der Waals surface area contributed by atoms with Crippen LogP contribution in [0.5, 0.6) is 0 Å². The fourth-order valence-electron chi connectivity index (χ4n) is 5.38. The number of carbonyl (C=O) groups is 1. The zero-order valence-electron chi connectivity index (χ0n) is 20.8. The molecule has 2 aromatic carbocycles. The smallest absolute Gasteiger partial charge is 0.260 e. The molecule has 7 rings (SSSR count). The first kappa shape index (κ1) is 23.5. The fraction of sp³-hybridized carbons (Fsp3) is 0.444. The van der Waals surface area contributed by atoms with Crippen LogP contribution in [0.2, 0.25) is 0 Å². The van der Waals surface area contributed by atoms with Crippen LogP contribution in [0.3, 0.4) is 0 Å². The topological polar surface area (TPSA) is 97.3 Å². The van der Waals surface area contributed by atoms with E-state index in [9.17, 15) is 13.6 Å². The number of aromatic nitrogens is 4. The van der Waals surface area contributed by atoms with Crippen molar-refractivity contribution in [3.8, 4) is 11.5 Å². The number of amides is 1. The standard InChI is InChI=1S/C27H28F2N6O3/c28-27(29)15-19(27)26(36)30-16-4-7-22-18(13-16)24(33-35(22)23-3-1-2-10-38-23)25-31-20-6-5-17(14-21(20)32-25)34-8-11-37-12-9-34/h4-7,13-14,19,23H,1-3,8-12,15H2,(H,30,36)(H,31,32). The number of benzene rings is 2. The van der Waals surface area contributed by atoms with Crippen LogP contribution in [-0.4, -0.2) is 64.5 Å². The third-order valence-corrected chi connectivity index (χ3v) is 7.61. The van der Waals surface area contributed by atoms with Crippen LogP contribution in [0.4, 0.5) is 20.2 Å². The van der Waals surface area contributed by atoms with E-state index in [0.717, 1.165) is 60.0 Å². The van der Waals surface area contributed by atoms with Crippen molar-refractivity contribution >= 4 is 39.2 Å². The van der Waals surface area contributed by atoms with Gasteiger partial charge < -0.3 is 24.7 Å². The maximum absolute atomic E-state index is 13.4. The average molecular weight is 523 g/mol. The van der Waals surface area contributed by atoms with Crippen molar-refractivity contribution in [2.24, 2.45) is 5.92 Å². The molecule has 38 heavy (non-hydrogen) atoms. The van der Waals surface area contributed by atoms with Gasteiger partial charge in [0, 0.05) is 42.9 Å². The van der Waals surface area contributed by atoms with Gasteiger partial charge in [0.15, 0.2) is 12.1 Å². The van der Waals surface area contributed by atoms with Gasteiger partial charge in [-0.2, -0.15) is 5.10 Å². The van der Waals surface area contributed by atoms with Gasteiger partial charge in [0.2, 0.25) is 5.91 Å². The van der Waals surface area contributed by atoms with Crippen LogP contribution in [0.15, 0.2) is 36.4 Å². The van der Waals surface area contributed by atoms with Crippen LogP contribution in [-0.2, 0) is 14.3 Å². The van der Waals surface area contributed by atoms with Crippen molar-refractivity contribution in [1.82, 2.24) is 19.7 Å². The van der Waals surface area contributed by atoms with Crippen molar-refractivity contribution in [3.63, 3.8) is 0 Å². The average Bonchev–Trinajstić information content (AvgIpc) is 3.25. The minimum Gasteiger partial charge on any atom is -0.378 e. The lowest BCUT2D eigenvalue weighted by Crippen LogP contribution is -2.36. The number of rotatable bonds is 5. The molecule has 11 heteroatoms. The molecule has 1 aliphatic carbocycles. The number of nitrogens with zero attached hydrogens (tertiary/aromatic N) is 4. The van der Waals surface area contributed by atoms with E-state index in [2.05, 4.69) is 27.3 Å². The van der Waals surface area contributed by atoms with Crippen LogP contribution in [0.25, 0.3) is 33.5 Å². The Kier molecular flexibility index (Phi) is 5.59. The monoisotopic (exact) mass is 522 g/mol. The Morgan fingerprint density at radius 3 is 2.71 bits per heavy atom. The second-order valence-electron chi connectivity index (χ2n) is 10.2. The molecule has 2 atom stereocenters. The molecule has 2 aliphatic heterocycles. The number of halogens is 2. The first-order valence-electron chi connectivity index (χ1n) is 13.1. The van der Waals surface area contributed by atoms with Crippen molar-refractivity contribution < 1.29 is 23.0 Å². The summed E-state index contributed by atoms with van der Waals surface area (Å²) in [5, 5.41) is 8.33. The van der Waals surface area contributed by atoms with E-state index in [0.29, 0.717) is 37.0 Å². The van der Waals surface area contributed by atoms with E-state index >= 15 is 0 Å². The SMILES string of the molecule is O=C(Nc1ccc2c(c1)c(-c1nc3ccc(N4CCOCC4)cc3[nH]1)nn2C1CCCCO1)C1CC1(F)F. The molecular formula is C27H28F2N6O3. The predicted molar refractivity (Wildman–Crippen MR) is 138 cm³/mol. The molecule has 0 bridgehead atoms. The largest absolute Gasteiger partial charge is 0.378 e. The molecule has 2 N–H and O–H groups in total. The molecule has 1 saturated carbocycles. The number of carbonyl (C=O) groups excluding carboxylic acids is 1. The van der Waals surface area contributed by atoms with Crippen molar-refractivity contribution in [3.05, 3.63) is 36.4 Å². The van der Waals surface area contributed by atoms with Gasteiger partial charge in [-0.3, -0.25) is 4.79 Å². The molecule has 4 heterocycles. The zero-order valence-corrected chi connectivity index (χ0v) is 20.8. The summed E-state index contributed by atoms with van der Waals surface area (Å²) < 4.78 is 40.2. The van der Waals surface area contributed by atoms with E-state index in [-0.39, 0.29) is 6.23 Å². The van der Waals surface area contributed by atoms with Gasteiger partial charge in [0.25, 0.3) is 5.92 Å².